The lowest BCUT2D eigenvalue weighted by molar-refractivity contribution is 0.731. The highest BCUT2D eigenvalue weighted by molar-refractivity contribution is 7.62. The van der Waals surface area contributed by atoms with Crippen LogP contribution in [0.15, 0.2) is 60.7 Å². The van der Waals surface area contributed by atoms with Gasteiger partial charge in [-0.1, -0.05) is 112 Å². The molecule has 0 saturated heterocycles. The molecular weight excluding hydrogens is 330 g/mol. The fraction of sp³-hybridized carbons (Fsp3) is 0.368. The first kappa shape index (κ1) is 17.8. The Kier molecular flexibility index (Phi) is 7.22. The molecule has 0 aliphatic rings. The van der Waals surface area contributed by atoms with Crippen LogP contribution in [0.3, 0.4) is 0 Å². The number of alkyl halides is 2. The lowest BCUT2D eigenvalue weighted by atomic mass is 10.2. The summed E-state index contributed by atoms with van der Waals surface area (Å²) < 4.78 is -0.614. The molecule has 0 nitrogen and oxygen atoms in total. The highest BCUT2D eigenvalue weighted by atomic mass is 35.5. The molecule has 0 spiro atoms. The monoisotopic (exact) mass is 352 g/mol. The van der Waals surface area contributed by atoms with E-state index in [0.717, 1.165) is 31.6 Å². The fourth-order valence-electron chi connectivity index (χ4n) is 2.44. The fourth-order valence-corrected chi connectivity index (χ4v) is 5.78. The zero-order chi connectivity index (χ0) is 15.8. The molecule has 2 aromatic rings. The van der Waals surface area contributed by atoms with Gasteiger partial charge in [0.2, 0.25) is 0 Å². The molecule has 0 atom stereocenters. The van der Waals surface area contributed by atoms with E-state index in [-0.39, 0.29) is 0 Å². The topological polar surface area (TPSA) is 0 Å². The molecule has 0 N–H and O–H groups in total. The molecule has 0 saturated carbocycles. The van der Waals surface area contributed by atoms with Crippen LogP contribution in [0, 0.1) is 0 Å². The molecule has 2 aromatic carbocycles. The van der Waals surface area contributed by atoms with E-state index in [2.05, 4.69) is 67.6 Å². The van der Waals surface area contributed by atoms with Gasteiger partial charge in [0.1, 0.15) is 4.07 Å². The Morgan fingerprint density at radius 1 is 0.818 bits per heavy atom. The second-order valence-corrected chi connectivity index (χ2v) is 10.1. The van der Waals surface area contributed by atoms with Gasteiger partial charge in [-0.15, -0.1) is 0 Å². The molecule has 0 aliphatic heterocycles. The standard InChI is InChI=1S/C19H23Cl2P/c1-2-3-14-19(20,21)22(15-17-10-6-4-7-11-17)16-18-12-8-5-9-13-18/h4-13H,2-3,14-16H2,1H3. The van der Waals surface area contributed by atoms with Crippen LogP contribution in [0.5, 0.6) is 0 Å². The Labute approximate surface area is 145 Å². The van der Waals surface area contributed by atoms with E-state index in [1.807, 2.05) is 0 Å². The molecule has 118 valence electrons. The molecule has 3 heteroatoms. The van der Waals surface area contributed by atoms with Crippen molar-refractivity contribution in [2.45, 2.75) is 42.6 Å². The Bertz CT molecular complexity index is 498. The predicted octanol–water partition coefficient (Wildman–Crippen LogP) is 7.19. The molecule has 2 rings (SSSR count). The number of unbranched alkanes of at least 4 members (excludes halogenated alkanes) is 1. The highest BCUT2D eigenvalue weighted by Gasteiger charge is 2.33. The largest absolute Gasteiger partial charge is 0.137 e. The van der Waals surface area contributed by atoms with Crippen molar-refractivity contribution in [2.75, 3.05) is 0 Å². The Hall–Kier alpha value is -0.550. The van der Waals surface area contributed by atoms with Crippen LogP contribution in [0.1, 0.15) is 37.3 Å². The molecule has 0 bridgehead atoms. The number of rotatable bonds is 8. The maximum atomic E-state index is 6.78. The van der Waals surface area contributed by atoms with Crippen LogP contribution >= 0.6 is 31.1 Å². The van der Waals surface area contributed by atoms with Gasteiger partial charge in [0.15, 0.2) is 0 Å². The van der Waals surface area contributed by atoms with Crippen LogP contribution in [0.2, 0.25) is 0 Å². The lowest BCUT2D eigenvalue weighted by Crippen LogP contribution is -2.13. The smallest absolute Gasteiger partial charge is 0.0965 e. The van der Waals surface area contributed by atoms with Crippen LogP contribution in [-0.2, 0) is 12.3 Å². The van der Waals surface area contributed by atoms with Gasteiger partial charge in [-0.2, -0.15) is 0 Å². The van der Waals surface area contributed by atoms with Crippen molar-refractivity contribution in [1.29, 1.82) is 0 Å². The Morgan fingerprint density at radius 2 is 1.27 bits per heavy atom. The summed E-state index contributed by atoms with van der Waals surface area (Å²) in [6, 6.07) is 21.1. The van der Waals surface area contributed by atoms with E-state index in [9.17, 15) is 0 Å². The minimum Gasteiger partial charge on any atom is -0.0965 e. The second-order valence-electron chi connectivity index (χ2n) is 5.60. The Balaban J connectivity index is 2.16. The second kappa shape index (κ2) is 8.92. The third-order valence-corrected chi connectivity index (χ3v) is 8.18. The van der Waals surface area contributed by atoms with Gasteiger partial charge in [0.25, 0.3) is 0 Å². The molecule has 0 fully saturated rings. The summed E-state index contributed by atoms with van der Waals surface area (Å²) in [6.07, 6.45) is 5.03. The van der Waals surface area contributed by atoms with E-state index in [1.54, 1.807) is 0 Å². The summed E-state index contributed by atoms with van der Waals surface area (Å²) in [4.78, 5) is 0. The third-order valence-electron chi connectivity index (χ3n) is 3.73. The van der Waals surface area contributed by atoms with Crippen molar-refractivity contribution in [3.63, 3.8) is 0 Å². The van der Waals surface area contributed by atoms with Crippen LogP contribution in [-0.4, -0.2) is 4.07 Å². The molecule has 22 heavy (non-hydrogen) atoms. The predicted molar refractivity (Wildman–Crippen MR) is 101 cm³/mol. The molecule has 0 aromatic heterocycles. The van der Waals surface area contributed by atoms with Gasteiger partial charge in [-0.25, -0.2) is 0 Å². The van der Waals surface area contributed by atoms with Gasteiger partial charge >= 0.3 is 0 Å². The average molecular weight is 353 g/mol. The minimum absolute atomic E-state index is 0.537. The number of halogens is 2. The maximum Gasteiger partial charge on any atom is 0.137 e. The van der Waals surface area contributed by atoms with Crippen molar-refractivity contribution in [3.05, 3.63) is 71.8 Å². The first-order valence-electron chi connectivity index (χ1n) is 7.82. The normalized spacial score (nSPS) is 11.8. The molecule has 0 unspecified atom stereocenters. The van der Waals surface area contributed by atoms with Crippen LogP contribution < -0.4 is 0 Å². The molecule has 0 heterocycles. The lowest BCUT2D eigenvalue weighted by Gasteiger charge is -2.31. The summed E-state index contributed by atoms with van der Waals surface area (Å²) in [5, 5.41) is 0. The quantitative estimate of drug-likeness (QED) is 0.348. The maximum absolute atomic E-state index is 6.78. The van der Waals surface area contributed by atoms with Crippen LogP contribution in [0.25, 0.3) is 0 Å². The summed E-state index contributed by atoms with van der Waals surface area (Å²) in [6.45, 7) is 2.18. The highest BCUT2D eigenvalue weighted by Crippen LogP contribution is 2.61. The first-order chi connectivity index (χ1) is 10.6. The number of hydrogen-bond acceptors (Lipinski definition) is 0. The summed E-state index contributed by atoms with van der Waals surface area (Å²) >= 11 is 13.6. The summed E-state index contributed by atoms with van der Waals surface area (Å²) in [5.74, 6) is 0. The van der Waals surface area contributed by atoms with E-state index in [4.69, 9.17) is 23.2 Å². The van der Waals surface area contributed by atoms with Gasteiger partial charge in [-0.3, -0.25) is 0 Å². The van der Waals surface area contributed by atoms with E-state index in [0.29, 0.717) is 0 Å². The van der Waals surface area contributed by atoms with Gasteiger partial charge in [0.05, 0.1) is 0 Å². The van der Waals surface area contributed by atoms with Crippen molar-refractivity contribution in [2.24, 2.45) is 0 Å². The van der Waals surface area contributed by atoms with E-state index in [1.165, 1.54) is 11.1 Å². The van der Waals surface area contributed by atoms with Gasteiger partial charge in [-0.05, 0) is 29.9 Å². The van der Waals surface area contributed by atoms with Crippen molar-refractivity contribution < 1.29 is 0 Å². The number of hydrogen-bond donors (Lipinski definition) is 0. The third kappa shape index (κ3) is 5.58. The first-order valence-corrected chi connectivity index (χ1v) is 10.3. The number of benzene rings is 2. The summed E-state index contributed by atoms with van der Waals surface area (Å²) in [7, 11) is -0.537. The van der Waals surface area contributed by atoms with Crippen molar-refractivity contribution in [1.82, 2.24) is 0 Å². The minimum atomic E-state index is -0.614. The van der Waals surface area contributed by atoms with E-state index < -0.39 is 12.0 Å². The molecular formula is C19H23Cl2P. The molecule has 0 aliphatic carbocycles. The van der Waals surface area contributed by atoms with Crippen LogP contribution in [0.4, 0.5) is 0 Å². The summed E-state index contributed by atoms with van der Waals surface area (Å²) in [5.41, 5.74) is 2.65. The Morgan fingerprint density at radius 3 is 1.68 bits per heavy atom. The van der Waals surface area contributed by atoms with Crippen molar-refractivity contribution in [3.8, 4) is 0 Å². The van der Waals surface area contributed by atoms with Gasteiger partial charge in [0, 0.05) is 0 Å². The van der Waals surface area contributed by atoms with Crippen molar-refractivity contribution >= 4 is 31.1 Å². The van der Waals surface area contributed by atoms with Gasteiger partial charge < -0.3 is 0 Å². The van der Waals surface area contributed by atoms with E-state index >= 15 is 0 Å². The zero-order valence-electron chi connectivity index (χ0n) is 13.0. The molecule has 0 amide bonds. The zero-order valence-corrected chi connectivity index (χ0v) is 15.4. The average Bonchev–Trinajstić information content (AvgIpc) is 2.54. The molecule has 0 radical (unpaired) electrons. The SMILES string of the molecule is CCCCC(Cl)(Cl)P(Cc1ccccc1)Cc1ccccc1.